The average Bonchev–Trinajstić information content (AvgIpc) is 3.06. The summed E-state index contributed by atoms with van der Waals surface area (Å²) in [5.74, 6) is -0.318. The fourth-order valence-electron chi connectivity index (χ4n) is 1.94. The molecule has 0 aliphatic heterocycles. The van der Waals surface area contributed by atoms with Crippen LogP contribution in [0.5, 0.6) is 0 Å². The lowest BCUT2D eigenvalue weighted by molar-refractivity contribution is 0.0524. The van der Waals surface area contributed by atoms with Crippen LogP contribution in [-0.4, -0.2) is 22.4 Å². The highest BCUT2D eigenvalue weighted by molar-refractivity contribution is 7.10. The lowest BCUT2D eigenvalue weighted by Crippen LogP contribution is -2.21. The summed E-state index contributed by atoms with van der Waals surface area (Å²) < 4.78 is 6.75. The number of esters is 1. The third-order valence-electron chi connectivity index (χ3n) is 3.10. The van der Waals surface area contributed by atoms with Crippen LogP contribution in [0.2, 0.25) is 0 Å². The molecular formula is C14H19N3O2S. The number of hydrogen-bond acceptors (Lipinski definition) is 5. The van der Waals surface area contributed by atoms with Gasteiger partial charge >= 0.3 is 5.97 Å². The molecule has 5 nitrogen and oxygen atoms in total. The molecular weight excluding hydrogens is 274 g/mol. The predicted molar refractivity (Wildman–Crippen MR) is 78.7 cm³/mol. The molecule has 0 fully saturated rings. The van der Waals surface area contributed by atoms with E-state index in [0.29, 0.717) is 18.7 Å². The van der Waals surface area contributed by atoms with E-state index in [1.54, 1.807) is 29.1 Å². The number of aryl methyl sites for hydroxylation is 1. The molecule has 0 radical (unpaired) electrons. The molecule has 1 N–H and O–H groups in total. The SMILES string of the molecule is CCOC(=O)c1cnn(C)c1CNC(C)c1cccs1. The van der Waals surface area contributed by atoms with Crippen LogP contribution in [0.1, 0.15) is 40.8 Å². The summed E-state index contributed by atoms with van der Waals surface area (Å²) in [6.45, 7) is 4.84. The molecule has 0 spiro atoms. The monoisotopic (exact) mass is 293 g/mol. The average molecular weight is 293 g/mol. The topological polar surface area (TPSA) is 56.1 Å². The number of thiophene rings is 1. The Hall–Kier alpha value is -1.66. The summed E-state index contributed by atoms with van der Waals surface area (Å²) in [6, 6.07) is 4.37. The lowest BCUT2D eigenvalue weighted by Gasteiger charge is -2.13. The first-order chi connectivity index (χ1) is 9.63. The van der Waals surface area contributed by atoms with Gasteiger partial charge in [0.15, 0.2) is 0 Å². The first kappa shape index (κ1) is 14.7. The van der Waals surface area contributed by atoms with Crippen molar-refractivity contribution in [3.8, 4) is 0 Å². The Balaban J connectivity index is 2.05. The third-order valence-corrected chi connectivity index (χ3v) is 4.16. The van der Waals surface area contributed by atoms with Gasteiger partial charge in [0.1, 0.15) is 5.56 Å². The minimum Gasteiger partial charge on any atom is -0.462 e. The maximum Gasteiger partial charge on any atom is 0.341 e. The van der Waals surface area contributed by atoms with Crippen LogP contribution in [0.15, 0.2) is 23.7 Å². The van der Waals surface area contributed by atoms with Crippen LogP contribution in [0.25, 0.3) is 0 Å². The van der Waals surface area contributed by atoms with E-state index in [9.17, 15) is 4.79 Å². The van der Waals surface area contributed by atoms with Crippen molar-refractivity contribution in [3.05, 3.63) is 39.8 Å². The van der Waals surface area contributed by atoms with Gasteiger partial charge in [-0.1, -0.05) is 6.07 Å². The summed E-state index contributed by atoms with van der Waals surface area (Å²) in [7, 11) is 1.83. The van der Waals surface area contributed by atoms with Crippen molar-refractivity contribution in [2.45, 2.75) is 26.4 Å². The van der Waals surface area contributed by atoms with Crippen molar-refractivity contribution >= 4 is 17.3 Å². The number of carbonyl (C=O) groups is 1. The smallest absolute Gasteiger partial charge is 0.341 e. The minimum atomic E-state index is -0.318. The Labute approximate surface area is 122 Å². The van der Waals surface area contributed by atoms with Crippen LogP contribution in [0, 0.1) is 0 Å². The van der Waals surface area contributed by atoms with Crippen LogP contribution < -0.4 is 5.32 Å². The van der Waals surface area contributed by atoms with Crippen LogP contribution in [0.4, 0.5) is 0 Å². The van der Waals surface area contributed by atoms with E-state index in [2.05, 4.69) is 28.8 Å². The maximum absolute atomic E-state index is 11.9. The largest absolute Gasteiger partial charge is 0.462 e. The van der Waals surface area contributed by atoms with E-state index in [1.807, 2.05) is 13.1 Å². The van der Waals surface area contributed by atoms with E-state index in [-0.39, 0.29) is 12.0 Å². The summed E-state index contributed by atoms with van der Waals surface area (Å²) in [5.41, 5.74) is 1.37. The van der Waals surface area contributed by atoms with E-state index in [4.69, 9.17) is 4.74 Å². The van der Waals surface area contributed by atoms with E-state index < -0.39 is 0 Å². The quantitative estimate of drug-likeness (QED) is 0.831. The molecule has 0 aromatic carbocycles. The normalized spacial score (nSPS) is 12.3. The molecule has 0 aliphatic carbocycles. The van der Waals surface area contributed by atoms with Crippen molar-refractivity contribution in [1.82, 2.24) is 15.1 Å². The molecule has 0 saturated carbocycles. The Bertz CT molecular complexity index is 563. The van der Waals surface area contributed by atoms with E-state index in [0.717, 1.165) is 5.69 Å². The summed E-state index contributed by atoms with van der Waals surface area (Å²) in [6.07, 6.45) is 1.56. The fourth-order valence-corrected chi connectivity index (χ4v) is 2.70. The van der Waals surface area contributed by atoms with Gasteiger partial charge in [-0.2, -0.15) is 5.10 Å². The minimum absolute atomic E-state index is 0.236. The molecule has 1 atom stereocenters. The van der Waals surface area contributed by atoms with Crippen molar-refractivity contribution < 1.29 is 9.53 Å². The zero-order valence-corrected chi connectivity index (χ0v) is 12.7. The molecule has 2 aromatic rings. The van der Waals surface area contributed by atoms with Gasteiger partial charge in [0.25, 0.3) is 0 Å². The number of aromatic nitrogens is 2. The zero-order valence-electron chi connectivity index (χ0n) is 11.9. The Morgan fingerprint density at radius 3 is 3.05 bits per heavy atom. The molecule has 108 valence electrons. The summed E-state index contributed by atoms with van der Waals surface area (Å²) in [5, 5.41) is 9.60. The van der Waals surface area contributed by atoms with Gasteiger partial charge in [0.2, 0.25) is 0 Å². The highest BCUT2D eigenvalue weighted by Crippen LogP contribution is 2.19. The van der Waals surface area contributed by atoms with Gasteiger partial charge in [-0.3, -0.25) is 4.68 Å². The lowest BCUT2D eigenvalue weighted by atomic mass is 10.2. The van der Waals surface area contributed by atoms with E-state index in [1.165, 1.54) is 4.88 Å². The zero-order chi connectivity index (χ0) is 14.5. The molecule has 0 amide bonds. The number of rotatable bonds is 6. The molecule has 1 unspecified atom stereocenters. The van der Waals surface area contributed by atoms with Crippen molar-refractivity contribution in [3.63, 3.8) is 0 Å². The molecule has 0 aliphatic rings. The third kappa shape index (κ3) is 3.26. The van der Waals surface area contributed by atoms with Crippen LogP contribution in [-0.2, 0) is 18.3 Å². The molecule has 6 heteroatoms. The van der Waals surface area contributed by atoms with Gasteiger partial charge < -0.3 is 10.1 Å². The first-order valence-electron chi connectivity index (χ1n) is 6.58. The van der Waals surface area contributed by atoms with E-state index >= 15 is 0 Å². The van der Waals surface area contributed by atoms with Crippen molar-refractivity contribution in [2.75, 3.05) is 6.61 Å². The molecule has 0 saturated heterocycles. The molecule has 0 bridgehead atoms. The number of ether oxygens (including phenoxy) is 1. The highest BCUT2D eigenvalue weighted by Gasteiger charge is 2.17. The second-order valence-corrected chi connectivity index (χ2v) is 5.45. The van der Waals surface area contributed by atoms with Crippen molar-refractivity contribution in [2.24, 2.45) is 7.05 Å². The molecule has 20 heavy (non-hydrogen) atoms. The molecule has 2 rings (SSSR count). The fraction of sp³-hybridized carbons (Fsp3) is 0.429. The molecule has 2 aromatic heterocycles. The van der Waals surface area contributed by atoms with Gasteiger partial charge in [-0.05, 0) is 25.3 Å². The predicted octanol–water partition coefficient (Wildman–Crippen LogP) is 2.51. The van der Waals surface area contributed by atoms with Crippen LogP contribution in [0.3, 0.4) is 0 Å². The van der Waals surface area contributed by atoms with Gasteiger partial charge in [0.05, 0.1) is 18.5 Å². The Morgan fingerprint density at radius 2 is 2.40 bits per heavy atom. The second-order valence-electron chi connectivity index (χ2n) is 4.47. The number of hydrogen-bond donors (Lipinski definition) is 1. The van der Waals surface area contributed by atoms with Gasteiger partial charge in [0, 0.05) is 24.5 Å². The van der Waals surface area contributed by atoms with Gasteiger partial charge in [-0.25, -0.2) is 4.79 Å². The first-order valence-corrected chi connectivity index (χ1v) is 7.46. The summed E-state index contributed by atoms with van der Waals surface area (Å²) in [4.78, 5) is 13.1. The maximum atomic E-state index is 11.9. The summed E-state index contributed by atoms with van der Waals surface area (Å²) >= 11 is 1.71. The standard InChI is InChI=1S/C14H19N3O2S/c1-4-19-14(18)11-8-16-17(3)12(11)9-15-10(2)13-6-5-7-20-13/h5-8,10,15H,4,9H2,1-3H3. The second kappa shape index (κ2) is 6.67. The number of carbonyl (C=O) groups excluding carboxylic acids is 1. The van der Waals surface area contributed by atoms with Crippen LogP contribution >= 0.6 is 11.3 Å². The van der Waals surface area contributed by atoms with Crippen molar-refractivity contribution in [1.29, 1.82) is 0 Å². The number of nitrogens with zero attached hydrogens (tertiary/aromatic N) is 2. The Kier molecular flexibility index (Phi) is 4.92. The molecule has 2 heterocycles. The highest BCUT2D eigenvalue weighted by atomic mass is 32.1. The Morgan fingerprint density at radius 1 is 1.60 bits per heavy atom. The van der Waals surface area contributed by atoms with Gasteiger partial charge in [-0.15, -0.1) is 11.3 Å². The number of nitrogens with one attached hydrogen (secondary N) is 1.